The van der Waals surface area contributed by atoms with Crippen molar-refractivity contribution in [2.45, 2.75) is 39.8 Å². The number of thiazole rings is 1. The van der Waals surface area contributed by atoms with Crippen LogP contribution < -0.4 is 10.6 Å². The van der Waals surface area contributed by atoms with Gasteiger partial charge in [-0.2, -0.15) is 13.2 Å². The second-order valence-corrected chi connectivity index (χ2v) is 6.32. The molecule has 0 unspecified atom stereocenters. The van der Waals surface area contributed by atoms with Crippen LogP contribution in [0.5, 0.6) is 0 Å². The standard InChI is InChI=1S/C16H26F3N5OS.HI/c1-4-20-15(22-10-8-14(25)24(5-2)6-3)21-9-7-13-23-12(11-26-13)16(17,18)19;/h11H,4-10H2,1-3H3,(H2,20,21,22);1H. The van der Waals surface area contributed by atoms with Gasteiger partial charge in [0.1, 0.15) is 0 Å². The minimum absolute atomic E-state index is 0. The zero-order chi connectivity index (χ0) is 19.6. The number of aliphatic imine (C=N–C) groups is 1. The molecule has 11 heteroatoms. The Bertz CT molecular complexity index is 591. The number of hydrogen-bond donors (Lipinski definition) is 2. The van der Waals surface area contributed by atoms with Crippen molar-refractivity contribution in [1.82, 2.24) is 20.5 Å². The summed E-state index contributed by atoms with van der Waals surface area (Å²) in [5, 5.41) is 7.52. The lowest BCUT2D eigenvalue weighted by Crippen LogP contribution is -2.40. The first kappa shape index (κ1) is 25.9. The molecule has 1 heterocycles. The van der Waals surface area contributed by atoms with Crippen LogP contribution in [0.2, 0.25) is 0 Å². The Kier molecular flexibility index (Phi) is 12.6. The van der Waals surface area contributed by atoms with Crippen LogP contribution in [0.25, 0.3) is 0 Å². The zero-order valence-corrected chi connectivity index (χ0v) is 18.9. The van der Waals surface area contributed by atoms with E-state index in [0.29, 0.717) is 56.5 Å². The molecular formula is C16H27F3IN5OS. The van der Waals surface area contributed by atoms with E-state index >= 15 is 0 Å². The van der Waals surface area contributed by atoms with E-state index in [1.165, 1.54) is 0 Å². The minimum atomic E-state index is -4.41. The average Bonchev–Trinajstić information content (AvgIpc) is 3.05. The fourth-order valence-corrected chi connectivity index (χ4v) is 2.98. The molecule has 0 aliphatic heterocycles. The average molecular weight is 521 g/mol. The van der Waals surface area contributed by atoms with E-state index in [4.69, 9.17) is 0 Å². The summed E-state index contributed by atoms with van der Waals surface area (Å²) in [6.45, 7) is 8.53. The molecule has 0 saturated heterocycles. The highest BCUT2D eigenvalue weighted by Crippen LogP contribution is 2.30. The number of nitrogens with one attached hydrogen (secondary N) is 2. The summed E-state index contributed by atoms with van der Waals surface area (Å²) in [5.41, 5.74) is -0.860. The van der Waals surface area contributed by atoms with Crippen molar-refractivity contribution in [3.05, 3.63) is 16.1 Å². The number of guanidine groups is 1. The first-order valence-corrected chi connectivity index (χ1v) is 9.51. The third-order valence-electron chi connectivity index (χ3n) is 3.53. The van der Waals surface area contributed by atoms with Gasteiger partial charge in [0.15, 0.2) is 11.7 Å². The number of aromatic nitrogens is 1. The molecule has 27 heavy (non-hydrogen) atoms. The number of alkyl halides is 3. The molecule has 0 radical (unpaired) electrons. The molecule has 0 saturated carbocycles. The van der Waals surface area contributed by atoms with Gasteiger partial charge in [-0.25, -0.2) is 4.98 Å². The van der Waals surface area contributed by atoms with Crippen molar-refractivity contribution < 1.29 is 18.0 Å². The van der Waals surface area contributed by atoms with Crippen LogP contribution in [0.4, 0.5) is 13.2 Å². The first-order chi connectivity index (χ1) is 12.3. The lowest BCUT2D eigenvalue weighted by atomic mass is 10.3. The van der Waals surface area contributed by atoms with Crippen molar-refractivity contribution >= 4 is 47.2 Å². The number of rotatable bonds is 9. The van der Waals surface area contributed by atoms with Crippen molar-refractivity contribution in [1.29, 1.82) is 0 Å². The van der Waals surface area contributed by atoms with Gasteiger partial charge in [0.05, 0.1) is 5.01 Å². The molecule has 2 N–H and O–H groups in total. The summed E-state index contributed by atoms with van der Waals surface area (Å²) < 4.78 is 37.6. The molecule has 0 aromatic carbocycles. The number of carbonyl (C=O) groups is 1. The lowest BCUT2D eigenvalue weighted by molar-refractivity contribution is -0.140. The summed E-state index contributed by atoms with van der Waals surface area (Å²) >= 11 is 0.980. The first-order valence-electron chi connectivity index (χ1n) is 8.63. The highest BCUT2D eigenvalue weighted by Gasteiger charge is 2.33. The van der Waals surface area contributed by atoms with Crippen LogP contribution >= 0.6 is 35.3 Å². The molecule has 1 aromatic heterocycles. The van der Waals surface area contributed by atoms with E-state index in [-0.39, 0.29) is 29.9 Å². The van der Waals surface area contributed by atoms with E-state index in [1.807, 2.05) is 20.8 Å². The molecule has 1 amide bonds. The summed E-state index contributed by atoms with van der Waals surface area (Å²) in [7, 11) is 0. The topological polar surface area (TPSA) is 69.6 Å². The Balaban J connectivity index is 0.00000676. The Morgan fingerprint density at radius 2 is 1.93 bits per heavy atom. The van der Waals surface area contributed by atoms with Gasteiger partial charge in [-0.3, -0.25) is 9.79 Å². The van der Waals surface area contributed by atoms with E-state index < -0.39 is 11.9 Å². The molecule has 0 spiro atoms. The lowest BCUT2D eigenvalue weighted by Gasteiger charge is -2.19. The van der Waals surface area contributed by atoms with Gasteiger partial charge in [0.25, 0.3) is 0 Å². The van der Waals surface area contributed by atoms with E-state index in [1.54, 1.807) is 4.90 Å². The highest BCUT2D eigenvalue weighted by atomic mass is 127. The van der Waals surface area contributed by atoms with Gasteiger partial charge >= 0.3 is 6.18 Å². The summed E-state index contributed by atoms with van der Waals surface area (Å²) in [6.07, 6.45) is -3.73. The minimum Gasteiger partial charge on any atom is -0.357 e. The van der Waals surface area contributed by atoms with Crippen molar-refractivity contribution in [3.8, 4) is 0 Å². The van der Waals surface area contributed by atoms with Crippen LogP contribution in [0, 0.1) is 0 Å². The Morgan fingerprint density at radius 1 is 1.26 bits per heavy atom. The summed E-state index contributed by atoms with van der Waals surface area (Å²) in [4.78, 5) is 21.6. The summed E-state index contributed by atoms with van der Waals surface area (Å²) in [6, 6.07) is 0. The highest BCUT2D eigenvalue weighted by molar-refractivity contribution is 14.0. The molecule has 6 nitrogen and oxygen atoms in total. The molecule has 0 fully saturated rings. The zero-order valence-electron chi connectivity index (χ0n) is 15.7. The molecule has 0 aliphatic rings. The second kappa shape index (κ2) is 13.1. The molecule has 0 bridgehead atoms. The number of hydrogen-bond acceptors (Lipinski definition) is 4. The number of nitrogens with zero attached hydrogens (tertiary/aromatic N) is 3. The van der Waals surface area contributed by atoms with Crippen molar-refractivity contribution in [3.63, 3.8) is 0 Å². The molecule has 1 aromatic rings. The predicted molar refractivity (Wildman–Crippen MR) is 113 cm³/mol. The smallest absolute Gasteiger partial charge is 0.357 e. The maximum Gasteiger partial charge on any atom is 0.434 e. The van der Waals surface area contributed by atoms with Gasteiger partial charge in [-0.15, -0.1) is 35.3 Å². The van der Waals surface area contributed by atoms with Gasteiger partial charge in [-0.05, 0) is 20.8 Å². The number of halogens is 4. The van der Waals surface area contributed by atoms with Gasteiger partial charge in [0, 0.05) is 50.9 Å². The molecule has 0 aliphatic carbocycles. The molecule has 1 rings (SSSR count). The van der Waals surface area contributed by atoms with Crippen LogP contribution in [0.3, 0.4) is 0 Å². The fraction of sp³-hybridized carbons (Fsp3) is 0.688. The maximum absolute atomic E-state index is 12.5. The summed E-state index contributed by atoms with van der Waals surface area (Å²) in [5.74, 6) is 0.605. The van der Waals surface area contributed by atoms with Gasteiger partial charge in [-0.1, -0.05) is 0 Å². The van der Waals surface area contributed by atoms with Gasteiger partial charge in [0.2, 0.25) is 5.91 Å². The maximum atomic E-state index is 12.5. The van der Waals surface area contributed by atoms with E-state index in [2.05, 4.69) is 20.6 Å². The van der Waals surface area contributed by atoms with E-state index in [0.717, 1.165) is 16.7 Å². The molecular weight excluding hydrogens is 494 g/mol. The van der Waals surface area contributed by atoms with Crippen LogP contribution in [0.15, 0.2) is 10.4 Å². The van der Waals surface area contributed by atoms with Crippen LogP contribution in [0.1, 0.15) is 37.9 Å². The van der Waals surface area contributed by atoms with Gasteiger partial charge < -0.3 is 15.5 Å². The normalized spacial score (nSPS) is 11.7. The fourth-order valence-electron chi connectivity index (χ4n) is 2.18. The Hall–Kier alpha value is -1.11. The molecule has 156 valence electrons. The number of amides is 1. The van der Waals surface area contributed by atoms with Crippen LogP contribution in [-0.4, -0.2) is 54.5 Å². The Morgan fingerprint density at radius 3 is 2.44 bits per heavy atom. The third-order valence-corrected chi connectivity index (χ3v) is 4.44. The van der Waals surface area contributed by atoms with Crippen molar-refractivity contribution in [2.24, 2.45) is 4.99 Å². The SMILES string of the molecule is CCNC(=NCCc1nc(C(F)(F)F)cs1)NCCC(=O)N(CC)CC.I. The predicted octanol–water partition coefficient (Wildman–Crippen LogP) is 3.14. The Labute approximate surface area is 179 Å². The number of carbonyl (C=O) groups excluding carboxylic acids is 1. The largest absolute Gasteiger partial charge is 0.434 e. The van der Waals surface area contributed by atoms with Crippen molar-refractivity contribution in [2.75, 3.05) is 32.7 Å². The third kappa shape index (κ3) is 9.58. The van der Waals surface area contributed by atoms with Crippen LogP contribution in [-0.2, 0) is 17.4 Å². The second-order valence-electron chi connectivity index (χ2n) is 5.38. The monoisotopic (exact) mass is 521 g/mol. The van der Waals surface area contributed by atoms with E-state index in [9.17, 15) is 18.0 Å². The quantitative estimate of drug-likeness (QED) is 0.298. The molecule has 0 atom stereocenters.